The first-order valence-corrected chi connectivity index (χ1v) is 9.24. The number of hydrogen-bond donors (Lipinski definition) is 1. The van der Waals surface area contributed by atoms with Crippen LogP contribution in [0, 0.1) is 0 Å². The Kier molecular flexibility index (Phi) is 7.52. The Hall–Kier alpha value is -1.79. The normalized spacial score (nSPS) is 14.5. The molecule has 7 heteroatoms. The third-order valence-electron chi connectivity index (χ3n) is 4.42. The maximum absolute atomic E-state index is 12.5. The number of benzene rings is 1. The molecule has 1 aliphatic rings. The van der Waals surface area contributed by atoms with Gasteiger partial charge in [0, 0.05) is 30.3 Å². The Morgan fingerprint density at radius 1 is 1.28 bits per heavy atom. The van der Waals surface area contributed by atoms with Gasteiger partial charge < -0.3 is 15.1 Å². The fourth-order valence-electron chi connectivity index (χ4n) is 2.91. The number of carbonyl (C=O) groups excluding carboxylic acids is 2. The van der Waals surface area contributed by atoms with E-state index in [-0.39, 0.29) is 18.5 Å². The van der Waals surface area contributed by atoms with Crippen LogP contribution in [0.2, 0.25) is 5.02 Å². The molecule has 6 nitrogen and oxygen atoms in total. The lowest BCUT2D eigenvalue weighted by molar-refractivity contribution is -0.121. The number of nitrogens with one attached hydrogen (secondary N) is 1. The monoisotopic (exact) mass is 366 g/mol. The molecule has 138 valence electrons. The zero-order valence-corrected chi connectivity index (χ0v) is 15.8. The molecule has 2 rings (SSSR count). The van der Waals surface area contributed by atoms with Gasteiger partial charge in [-0.25, -0.2) is 4.79 Å². The summed E-state index contributed by atoms with van der Waals surface area (Å²) >= 11 is 5.99. The SMILES string of the molecule is CCN(CC)CCCNC(=O)CN1CCN(c2cccc(Cl)c2)C1=O. The summed E-state index contributed by atoms with van der Waals surface area (Å²) in [6.07, 6.45) is 0.913. The van der Waals surface area contributed by atoms with E-state index < -0.39 is 0 Å². The van der Waals surface area contributed by atoms with Crippen LogP contribution in [0.5, 0.6) is 0 Å². The van der Waals surface area contributed by atoms with Gasteiger partial charge in [-0.1, -0.05) is 31.5 Å². The molecule has 1 fully saturated rings. The fraction of sp³-hybridized carbons (Fsp3) is 0.556. The van der Waals surface area contributed by atoms with Crippen LogP contribution in [0.3, 0.4) is 0 Å². The van der Waals surface area contributed by atoms with Gasteiger partial charge in [-0.05, 0) is 44.3 Å². The highest BCUT2D eigenvalue weighted by Gasteiger charge is 2.30. The Morgan fingerprint density at radius 2 is 2.04 bits per heavy atom. The lowest BCUT2D eigenvalue weighted by atomic mass is 10.3. The molecule has 1 saturated heterocycles. The highest BCUT2D eigenvalue weighted by Crippen LogP contribution is 2.23. The van der Waals surface area contributed by atoms with Gasteiger partial charge in [0.15, 0.2) is 0 Å². The van der Waals surface area contributed by atoms with Gasteiger partial charge in [0.25, 0.3) is 0 Å². The zero-order chi connectivity index (χ0) is 18.2. The van der Waals surface area contributed by atoms with Crippen molar-refractivity contribution in [1.82, 2.24) is 15.1 Å². The van der Waals surface area contributed by atoms with Crippen LogP contribution in [0.4, 0.5) is 10.5 Å². The van der Waals surface area contributed by atoms with E-state index in [1.165, 1.54) is 0 Å². The van der Waals surface area contributed by atoms with E-state index in [0.29, 0.717) is 24.7 Å². The first-order valence-electron chi connectivity index (χ1n) is 8.86. The molecular weight excluding hydrogens is 340 g/mol. The van der Waals surface area contributed by atoms with Crippen molar-refractivity contribution in [3.8, 4) is 0 Å². The Balaban J connectivity index is 1.76. The van der Waals surface area contributed by atoms with Crippen LogP contribution in [-0.2, 0) is 4.79 Å². The third kappa shape index (κ3) is 5.61. The van der Waals surface area contributed by atoms with Crippen molar-refractivity contribution in [2.75, 3.05) is 50.7 Å². The number of carbonyl (C=O) groups is 2. The van der Waals surface area contributed by atoms with E-state index in [2.05, 4.69) is 24.1 Å². The molecule has 1 aliphatic heterocycles. The third-order valence-corrected chi connectivity index (χ3v) is 4.65. The number of urea groups is 1. The average molecular weight is 367 g/mol. The van der Waals surface area contributed by atoms with Gasteiger partial charge in [0.2, 0.25) is 5.91 Å². The molecule has 0 unspecified atom stereocenters. The van der Waals surface area contributed by atoms with Crippen molar-refractivity contribution in [3.05, 3.63) is 29.3 Å². The summed E-state index contributed by atoms with van der Waals surface area (Å²) in [6.45, 7) is 9.11. The lowest BCUT2D eigenvalue weighted by Crippen LogP contribution is -2.40. The van der Waals surface area contributed by atoms with E-state index in [4.69, 9.17) is 11.6 Å². The van der Waals surface area contributed by atoms with Crippen LogP contribution < -0.4 is 10.2 Å². The standard InChI is InChI=1S/C18H27ClN4O2/c1-3-21(4-2)10-6-9-20-17(24)14-22-11-12-23(18(22)25)16-8-5-7-15(19)13-16/h5,7-8,13H,3-4,6,9-12,14H2,1-2H3,(H,20,24). The fourth-order valence-corrected chi connectivity index (χ4v) is 3.10. The summed E-state index contributed by atoms with van der Waals surface area (Å²) in [5.41, 5.74) is 0.764. The minimum Gasteiger partial charge on any atom is -0.355 e. The summed E-state index contributed by atoms with van der Waals surface area (Å²) in [5, 5.41) is 3.49. The van der Waals surface area contributed by atoms with Gasteiger partial charge in [0.05, 0.1) is 0 Å². The Bertz CT molecular complexity index is 592. The second-order valence-electron chi connectivity index (χ2n) is 6.07. The summed E-state index contributed by atoms with van der Waals surface area (Å²) in [7, 11) is 0. The molecule has 0 spiro atoms. The number of rotatable bonds is 9. The van der Waals surface area contributed by atoms with Crippen molar-refractivity contribution in [1.29, 1.82) is 0 Å². The van der Waals surface area contributed by atoms with Crippen molar-refractivity contribution in [2.24, 2.45) is 0 Å². The summed E-state index contributed by atoms with van der Waals surface area (Å²) in [6, 6.07) is 7.04. The largest absolute Gasteiger partial charge is 0.355 e. The van der Waals surface area contributed by atoms with Crippen molar-refractivity contribution in [2.45, 2.75) is 20.3 Å². The summed E-state index contributed by atoms with van der Waals surface area (Å²) < 4.78 is 0. The molecule has 1 N–H and O–H groups in total. The van der Waals surface area contributed by atoms with Crippen LogP contribution in [0.1, 0.15) is 20.3 Å². The second-order valence-corrected chi connectivity index (χ2v) is 6.50. The van der Waals surface area contributed by atoms with Gasteiger partial charge in [-0.15, -0.1) is 0 Å². The minimum absolute atomic E-state index is 0.0984. The van der Waals surface area contributed by atoms with E-state index in [0.717, 1.165) is 31.7 Å². The molecule has 0 saturated carbocycles. The minimum atomic E-state index is -0.152. The highest BCUT2D eigenvalue weighted by atomic mass is 35.5. The van der Waals surface area contributed by atoms with Crippen molar-refractivity contribution >= 4 is 29.2 Å². The smallest absolute Gasteiger partial charge is 0.325 e. The molecule has 0 bridgehead atoms. The van der Waals surface area contributed by atoms with Gasteiger partial charge >= 0.3 is 6.03 Å². The van der Waals surface area contributed by atoms with E-state index >= 15 is 0 Å². The van der Waals surface area contributed by atoms with Gasteiger partial charge in [-0.3, -0.25) is 9.69 Å². The maximum atomic E-state index is 12.5. The molecule has 1 aromatic rings. The van der Waals surface area contributed by atoms with Gasteiger partial charge in [-0.2, -0.15) is 0 Å². The number of hydrogen-bond acceptors (Lipinski definition) is 3. The molecular formula is C18H27ClN4O2. The quantitative estimate of drug-likeness (QED) is 0.683. The van der Waals surface area contributed by atoms with E-state index in [9.17, 15) is 9.59 Å². The van der Waals surface area contributed by atoms with Gasteiger partial charge in [0.1, 0.15) is 6.54 Å². The number of nitrogens with zero attached hydrogens (tertiary/aromatic N) is 3. The van der Waals surface area contributed by atoms with Crippen LogP contribution in [0.25, 0.3) is 0 Å². The second kappa shape index (κ2) is 9.63. The predicted molar refractivity (Wildman–Crippen MR) is 101 cm³/mol. The van der Waals surface area contributed by atoms with E-state index in [1.54, 1.807) is 21.9 Å². The van der Waals surface area contributed by atoms with Crippen molar-refractivity contribution < 1.29 is 9.59 Å². The number of halogens is 1. The Morgan fingerprint density at radius 3 is 2.72 bits per heavy atom. The molecule has 25 heavy (non-hydrogen) atoms. The van der Waals surface area contributed by atoms with Crippen LogP contribution >= 0.6 is 11.6 Å². The number of anilines is 1. The summed E-state index contributed by atoms with van der Waals surface area (Å²) in [5.74, 6) is -0.110. The topological polar surface area (TPSA) is 55.9 Å². The van der Waals surface area contributed by atoms with E-state index in [1.807, 2.05) is 12.1 Å². The molecule has 0 aromatic heterocycles. The maximum Gasteiger partial charge on any atom is 0.325 e. The molecule has 0 atom stereocenters. The number of amides is 3. The van der Waals surface area contributed by atoms with Crippen LogP contribution in [-0.4, -0.2) is 67.6 Å². The summed E-state index contributed by atoms with van der Waals surface area (Å²) in [4.78, 5) is 30.1. The van der Waals surface area contributed by atoms with Crippen LogP contribution in [0.15, 0.2) is 24.3 Å². The molecule has 0 radical (unpaired) electrons. The van der Waals surface area contributed by atoms with Crippen molar-refractivity contribution in [3.63, 3.8) is 0 Å². The molecule has 1 aromatic carbocycles. The zero-order valence-electron chi connectivity index (χ0n) is 15.0. The first-order chi connectivity index (χ1) is 12.0. The predicted octanol–water partition coefficient (Wildman–Crippen LogP) is 2.43. The molecule has 0 aliphatic carbocycles. The molecule has 1 heterocycles. The lowest BCUT2D eigenvalue weighted by Gasteiger charge is -2.19. The average Bonchev–Trinajstić information content (AvgIpc) is 2.96. The highest BCUT2D eigenvalue weighted by molar-refractivity contribution is 6.30. The molecule has 3 amide bonds. The Labute approximate surface area is 154 Å². The first kappa shape index (κ1) is 19.5.